The number of halogens is 1. The second kappa shape index (κ2) is 5.63. The first-order valence-electron chi connectivity index (χ1n) is 7.24. The van der Waals surface area contributed by atoms with Gasteiger partial charge in [-0.3, -0.25) is 0 Å². The molecule has 5 heteroatoms. The molecule has 0 bridgehead atoms. The molecule has 104 valence electrons. The van der Waals surface area contributed by atoms with Crippen molar-refractivity contribution in [3.05, 3.63) is 16.3 Å². The summed E-state index contributed by atoms with van der Waals surface area (Å²) < 4.78 is 0. The first-order valence-corrected chi connectivity index (χ1v) is 7.62. The summed E-state index contributed by atoms with van der Waals surface area (Å²) in [5, 5.41) is 22.3. The normalized spacial score (nSPS) is 26.8. The molecule has 0 spiro atoms. The molecule has 2 N–H and O–H groups in total. The van der Waals surface area contributed by atoms with Crippen LogP contribution in [0.3, 0.4) is 0 Å². The zero-order valence-corrected chi connectivity index (χ0v) is 11.8. The Kier molecular flexibility index (Phi) is 3.89. The van der Waals surface area contributed by atoms with Crippen LogP contribution in [0.5, 0.6) is 0 Å². The lowest BCUT2D eigenvalue weighted by atomic mass is 9.91. The largest absolute Gasteiger partial charge is 0.391 e. The fourth-order valence-electron chi connectivity index (χ4n) is 3.18. The SMILES string of the molecule is O[C@@H]1CCCC[C@H]1Nc1nnc(Cl)c2c1CCCC2. The third-order valence-electron chi connectivity index (χ3n) is 4.29. The van der Waals surface area contributed by atoms with Gasteiger partial charge in [-0.05, 0) is 44.1 Å². The van der Waals surface area contributed by atoms with Crippen LogP contribution in [0, 0.1) is 0 Å². The number of anilines is 1. The summed E-state index contributed by atoms with van der Waals surface area (Å²) in [4.78, 5) is 0. The van der Waals surface area contributed by atoms with Gasteiger partial charge in [0.15, 0.2) is 11.0 Å². The Morgan fingerprint density at radius 3 is 2.53 bits per heavy atom. The van der Waals surface area contributed by atoms with E-state index in [0.717, 1.165) is 49.9 Å². The maximum atomic E-state index is 10.1. The van der Waals surface area contributed by atoms with Crippen molar-refractivity contribution < 1.29 is 5.11 Å². The van der Waals surface area contributed by atoms with Crippen LogP contribution in [-0.4, -0.2) is 27.4 Å². The number of aliphatic hydroxyl groups excluding tert-OH is 1. The number of rotatable bonds is 2. The van der Waals surface area contributed by atoms with E-state index in [1.54, 1.807) is 0 Å². The van der Waals surface area contributed by atoms with Crippen LogP contribution in [0.15, 0.2) is 0 Å². The second-order valence-electron chi connectivity index (χ2n) is 5.61. The Hall–Kier alpha value is -0.870. The molecule has 1 aromatic rings. The number of aromatic nitrogens is 2. The lowest BCUT2D eigenvalue weighted by Crippen LogP contribution is -2.37. The molecule has 1 aromatic heterocycles. The van der Waals surface area contributed by atoms with Crippen molar-refractivity contribution in [2.45, 2.75) is 63.5 Å². The topological polar surface area (TPSA) is 58.0 Å². The van der Waals surface area contributed by atoms with Gasteiger partial charge in [0, 0.05) is 5.56 Å². The lowest BCUT2D eigenvalue weighted by molar-refractivity contribution is 0.116. The van der Waals surface area contributed by atoms with E-state index >= 15 is 0 Å². The summed E-state index contributed by atoms with van der Waals surface area (Å²) in [7, 11) is 0. The summed E-state index contributed by atoms with van der Waals surface area (Å²) in [5.41, 5.74) is 2.36. The van der Waals surface area contributed by atoms with Gasteiger partial charge in [0.2, 0.25) is 0 Å². The molecule has 0 radical (unpaired) electrons. The quantitative estimate of drug-likeness (QED) is 0.875. The predicted molar refractivity (Wildman–Crippen MR) is 75.6 cm³/mol. The van der Waals surface area contributed by atoms with E-state index < -0.39 is 0 Å². The summed E-state index contributed by atoms with van der Waals surface area (Å²) >= 11 is 6.13. The van der Waals surface area contributed by atoms with Gasteiger partial charge in [0.05, 0.1) is 12.1 Å². The Labute approximate surface area is 118 Å². The van der Waals surface area contributed by atoms with Gasteiger partial charge in [0.25, 0.3) is 0 Å². The van der Waals surface area contributed by atoms with Crippen LogP contribution < -0.4 is 5.32 Å². The van der Waals surface area contributed by atoms with E-state index in [-0.39, 0.29) is 12.1 Å². The molecule has 2 aliphatic rings. The molecule has 2 atom stereocenters. The number of fused-ring (bicyclic) bond motifs is 1. The van der Waals surface area contributed by atoms with Crippen molar-refractivity contribution in [2.75, 3.05) is 5.32 Å². The zero-order chi connectivity index (χ0) is 13.2. The number of hydrogen-bond donors (Lipinski definition) is 2. The van der Waals surface area contributed by atoms with Crippen molar-refractivity contribution in [3.63, 3.8) is 0 Å². The Balaban J connectivity index is 1.84. The molecule has 0 aromatic carbocycles. The molecule has 0 unspecified atom stereocenters. The van der Waals surface area contributed by atoms with E-state index in [1.807, 2.05) is 0 Å². The Morgan fingerprint density at radius 1 is 1.00 bits per heavy atom. The zero-order valence-electron chi connectivity index (χ0n) is 11.0. The second-order valence-corrected chi connectivity index (χ2v) is 5.96. The van der Waals surface area contributed by atoms with Crippen molar-refractivity contribution in [1.82, 2.24) is 10.2 Å². The van der Waals surface area contributed by atoms with Gasteiger partial charge in [-0.1, -0.05) is 24.4 Å². The highest BCUT2D eigenvalue weighted by molar-refractivity contribution is 6.30. The highest BCUT2D eigenvalue weighted by Crippen LogP contribution is 2.31. The van der Waals surface area contributed by atoms with E-state index in [4.69, 9.17) is 11.6 Å². The van der Waals surface area contributed by atoms with E-state index in [1.165, 1.54) is 18.4 Å². The van der Waals surface area contributed by atoms with Gasteiger partial charge in [0.1, 0.15) is 0 Å². The summed E-state index contributed by atoms with van der Waals surface area (Å²) in [6.07, 6.45) is 8.23. The van der Waals surface area contributed by atoms with Crippen LogP contribution in [0.1, 0.15) is 49.7 Å². The maximum Gasteiger partial charge on any atom is 0.155 e. The average molecular weight is 282 g/mol. The van der Waals surface area contributed by atoms with Gasteiger partial charge in [-0.25, -0.2) is 0 Å². The van der Waals surface area contributed by atoms with Crippen molar-refractivity contribution in [1.29, 1.82) is 0 Å². The molecule has 1 fully saturated rings. The predicted octanol–water partition coefficient (Wildman–Crippen LogP) is 2.72. The van der Waals surface area contributed by atoms with Gasteiger partial charge in [-0.2, -0.15) is 0 Å². The fourth-order valence-corrected chi connectivity index (χ4v) is 3.43. The molecule has 2 aliphatic carbocycles. The Morgan fingerprint density at radius 2 is 1.74 bits per heavy atom. The molecule has 1 saturated carbocycles. The van der Waals surface area contributed by atoms with Crippen LogP contribution in [-0.2, 0) is 12.8 Å². The first-order chi connectivity index (χ1) is 9.25. The third-order valence-corrected chi connectivity index (χ3v) is 4.60. The minimum Gasteiger partial charge on any atom is -0.391 e. The minimum absolute atomic E-state index is 0.107. The molecule has 19 heavy (non-hydrogen) atoms. The molecular formula is C14H20ClN3O. The van der Waals surface area contributed by atoms with E-state index in [0.29, 0.717) is 5.15 Å². The number of nitrogens with one attached hydrogen (secondary N) is 1. The molecule has 4 nitrogen and oxygen atoms in total. The van der Waals surface area contributed by atoms with Crippen molar-refractivity contribution in [2.24, 2.45) is 0 Å². The molecule has 0 aliphatic heterocycles. The number of aliphatic hydroxyl groups is 1. The van der Waals surface area contributed by atoms with E-state index in [2.05, 4.69) is 15.5 Å². The van der Waals surface area contributed by atoms with E-state index in [9.17, 15) is 5.11 Å². The molecule has 3 rings (SSSR count). The highest BCUT2D eigenvalue weighted by atomic mass is 35.5. The molecular weight excluding hydrogens is 262 g/mol. The molecule has 1 heterocycles. The number of hydrogen-bond acceptors (Lipinski definition) is 4. The van der Waals surface area contributed by atoms with Crippen molar-refractivity contribution in [3.8, 4) is 0 Å². The average Bonchev–Trinajstić information content (AvgIpc) is 2.44. The minimum atomic E-state index is -0.273. The highest BCUT2D eigenvalue weighted by Gasteiger charge is 2.26. The van der Waals surface area contributed by atoms with Crippen LogP contribution in [0.4, 0.5) is 5.82 Å². The smallest absolute Gasteiger partial charge is 0.155 e. The third kappa shape index (κ3) is 2.70. The Bertz CT molecular complexity index is 466. The summed E-state index contributed by atoms with van der Waals surface area (Å²) in [6.45, 7) is 0. The summed E-state index contributed by atoms with van der Waals surface area (Å²) in [5.74, 6) is 0.838. The maximum absolute atomic E-state index is 10.1. The monoisotopic (exact) mass is 281 g/mol. The fraction of sp³-hybridized carbons (Fsp3) is 0.714. The molecule has 0 saturated heterocycles. The van der Waals surface area contributed by atoms with Crippen LogP contribution in [0.2, 0.25) is 5.15 Å². The van der Waals surface area contributed by atoms with Gasteiger partial charge >= 0.3 is 0 Å². The lowest BCUT2D eigenvalue weighted by Gasteiger charge is -2.30. The number of nitrogens with zero attached hydrogens (tertiary/aromatic N) is 2. The van der Waals surface area contributed by atoms with Crippen molar-refractivity contribution >= 4 is 17.4 Å². The van der Waals surface area contributed by atoms with Crippen LogP contribution >= 0.6 is 11.6 Å². The standard InChI is InChI=1S/C14H20ClN3O/c15-13-9-5-1-2-6-10(9)14(18-17-13)16-11-7-3-4-8-12(11)19/h11-12,19H,1-8H2,(H,16,18)/t11-,12-/m1/s1. The van der Waals surface area contributed by atoms with Crippen LogP contribution in [0.25, 0.3) is 0 Å². The molecule has 0 amide bonds. The summed E-state index contributed by atoms with van der Waals surface area (Å²) in [6, 6.07) is 0.107. The van der Waals surface area contributed by atoms with Gasteiger partial charge < -0.3 is 10.4 Å². The first kappa shape index (κ1) is 13.1. The van der Waals surface area contributed by atoms with Gasteiger partial charge in [-0.15, -0.1) is 10.2 Å².